The van der Waals surface area contributed by atoms with Crippen molar-refractivity contribution < 1.29 is 23.5 Å². The number of unbranched alkanes of at least 4 members (excludes halogenated alkanes) is 14. The number of nitrogens with zero attached hydrogens (tertiary/aromatic N) is 2. The van der Waals surface area contributed by atoms with Gasteiger partial charge < -0.3 is 19.3 Å². The molecule has 278 valence electrons. The van der Waals surface area contributed by atoms with E-state index >= 15 is 4.39 Å². The number of ether oxygens (including phenoxy) is 2. The first-order valence-corrected chi connectivity index (χ1v) is 19.8. The van der Waals surface area contributed by atoms with Crippen molar-refractivity contribution in [3.8, 4) is 0 Å². The van der Waals surface area contributed by atoms with Crippen LogP contribution in [0.5, 0.6) is 0 Å². The monoisotopic (exact) mass is 677 g/mol. The Bertz CT molecular complexity index is 915. The smallest absolute Gasteiger partial charge is 0.410 e. The van der Waals surface area contributed by atoms with E-state index in [0.717, 1.165) is 76.3 Å². The van der Waals surface area contributed by atoms with Crippen LogP contribution in [0, 0.1) is 0 Å². The fourth-order valence-electron chi connectivity index (χ4n) is 6.34. The predicted octanol–water partition coefficient (Wildman–Crippen LogP) is 11.4. The summed E-state index contributed by atoms with van der Waals surface area (Å²) in [4.78, 5) is 30.9. The van der Waals surface area contributed by atoms with E-state index in [4.69, 9.17) is 9.47 Å². The largest absolute Gasteiger partial charge is 0.463 e. The standard InChI is InChI=1S/C41H73FN2O4/c1-6-9-12-15-17-18-23-29-38(44(34-26-33-43(4)5)40(46)48-36-37-27-21-20-22-28-37)30-35-47-39(45)41(42,31-24-14-11-8-3)32-25-19-16-13-10-7-2/h20-22,27-28,38H,6-19,23-26,29-36H2,1-5H3. The van der Waals surface area contributed by atoms with Crippen LogP contribution in [0.25, 0.3) is 0 Å². The van der Waals surface area contributed by atoms with Gasteiger partial charge in [-0.05, 0) is 64.7 Å². The highest BCUT2D eigenvalue weighted by Gasteiger charge is 2.39. The number of hydrogen-bond donors (Lipinski definition) is 0. The average Bonchev–Trinajstić information content (AvgIpc) is 3.08. The summed E-state index contributed by atoms with van der Waals surface area (Å²) in [6.07, 6.45) is 20.5. The average molecular weight is 677 g/mol. The maximum Gasteiger partial charge on any atom is 0.410 e. The Kier molecular flexibility index (Phi) is 26.2. The summed E-state index contributed by atoms with van der Waals surface area (Å²) < 4.78 is 27.9. The highest BCUT2D eigenvalue weighted by Crippen LogP contribution is 2.29. The summed E-state index contributed by atoms with van der Waals surface area (Å²) >= 11 is 0. The summed E-state index contributed by atoms with van der Waals surface area (Å²) in [5.74, 6) is -0.715. The Balaban J connectivity index is 2.97. The van der Waals surface area contributed by atoms with Gasteiger partial charge in [-0.25, -0.2) is 14.0 Å². The van der Waals surface area contributed by atoms with Crippen LogP contribution in [-0.2, 0) is 20.9 Å². The molecule has 1 rings (SSSR count). The Morgan fingerprint density at radius 2 is 1.19 bits per heavy atom. The number of rotatable bonds is 31. The summed E-state index contributed by atoms with van der Waals surface area (Å²) in [5.41, 5.74) is -0.993. The SMILES string of the molecule is CCCCCCCCCC(CCOC(=O)C(F)(CCCCCC)CCCCCCCC)N(CCCN(C)C)C(=O)OCc1ccccc1. The minimum absolute atomic E-state index is 0.104. The van der Waals surface area contributed by atoms with Crippen molar-refractivity contribution in [1.82, 2.24) is 9.80 Å². The molecule has 48 heavy (non-hydrogen) atoms. The molecule has 0 spiro atoms. The number of hydrogen-bond acceptors (Lipinski definition) is 5. The zero-order valence-electron chi connectivity index (χ0n) is 31.8. The molecule has 0 radical (unpaired) electrons. The van der Waals surface area contributed by atoms with Crippen LogP contribution >= 0.6 is 0 Å². The van der Waals surface area contributed by atoms with E-state index in [9.17, 15) is 9.59 Å². The van der Waals surface area contributed by atoms with Crippen molar-refractivity contribution in [3.05, 3.63) is 35.9 Å². The van der Waals surface area contributed by atoms with Crippen LogP contribution in [-0.4, -0.2) is 67.4 Å². The molecule has 0 saturated carbocycles. The van der Waals surface area contributed by atoms with Gasteiger partial charge in [0.2, 0.25) is 5.67 Å². The highest BCUT2D eigenvalue weighted by atomic mass is 19.1. The van der Waals surface area contributed by atoms with Gasteiger partial charge in [0.25, 0.3) is 0 Å². The first-order valence-electron chi connectivity index (χ1n) is 19.8. The number of halogens is 1. The van der Waals surface area contributed by atoms with Crippen molar-refractivity contribution in [2.45, 2.75) is 180 Å². The van der Waals surface area contributed by atoms with Crippen LogP contribution in [0.4, 0.5) is 9.18 Å². The molecule has 2 unspecified atom stereocenters. The number of carbonyl (C=O) groups excluding carboxylic acids is 2. The molecule has 6 nitrogen and oxygen atoms in total. The third-order valence-electron chi connectivity index (χ3n) is 9.43. The molecule has 1 aromatic rings. The predicted molar refractivity (Wildman–Crippen MR) is 199 cm³/mol. The van der Waals surface area contributed by atoms with Gasteiger partial charge in [0, 0.05) is 19.0 Å². The van der Waals surface area contributed by atoms with E-state index < -0.39 is 11.6 Å². The lowest BCUT2D eigenvalue weighted by Crippen LogP contribution is -2.43. The van der Waals surface area contributed by atoms with Crippen LogP contribution in [0.1, 0.15) is 168 Å². The van der Waals surface area contributed by atoms with Crippen LogP contribution in [0.3, 0.4) is 0 Å². The molecule has 0 aliphatic carbocycles. The van der Waals surface area contributed by atoms with E-state index in [0.29, 0.717) is 25.8 Å². The lowest BCUT2D eigenvalue weighted by molar-refractivity contribution is -0.159. The Morgan fingerprint density at radius 1 is 0.667 bits per heavy atom. The Hall–Kier alpha value is -2.15. The van der Waals surface area contributed by atoms with Crippen LogP contribution < -0.4 is 0 Å². The van der Waals surface area contributed by atoms with E-state index in [1.54, 1.807) is 0 Å². The second-order valence-corrected chi connectivity index (χ2v) is 14.2. The maximum atomic E-state index is 16.3. The van der Waals surface area contributed by atoms with Gasteiger partial charge in [0.15, 0.2) is 0 Å². The van der Waals surface area contributed by atoms with E-state index in [1.165, 1.54) is 44.9 Å². The quantitative estimate of drug-likeness (QED) is 0.0579. The van der Waals surface area contributed by atoms with Gasteiger partial charge in [0.05, 0.1) is 6.61 Å². The fraction of sp³-hybridized carbons (Fsp3) is 0.805. The molecular weight excluding hydrogens is 603 g/mol. The van der Waals surface area contributed by atoms with E-state index in [1.807, 2.05) is 49.3 Å². The molecule has 2 atom stereocenters. The van der Waals surface area contributed by atoms with Gasteiger partial charge >= 0.3 is 12.1 Å². The third kappa shape index (κ3) is 21.0. The third-order valence-corrected chi connectivity index (χ3v) is 9.43. The Morgan fingerprint density at radius 3 is 1.75 bits per heavy atom. The number of benzene rings is 1. The van der Waals surface area contributed by atoms with E-state index in [2.05, 4.69) is 25.7 Å². The molecule has 0 saturated heterocycles. The summed E-state index contributed by atoms with van der Waals surface area (Å²) in [6.45, 7) is 8.28. The molecule has 7 heteroatoms. The highest BCUT2D eigenvalue weighted by molar-refractivity contribution is 5.79. The molecule has 0 aromatic heterocycles. The normalized spacial score (nSPS) is 13.3. The van der Waals surface area contributed by atoms with Gasteiger partial charge in [-0.3, -0.25) is 0 Å². The summed E-state index contributed by atoms with van der Waals surface area (Å²) in [6, 6.07) is 9.60. The van der Waals surface area contributed by atoms with Gasteiger partial charge in [-0.1, -0.05) is 147 Å². The van der Waals surface area contributed by atoms with Crippen LogP contribution in [0.15, 0.2) is 30.3 Å². The first-order chi connectivity index (χ1) is 23.3. The summed E-state index contributed by atoms with van der Waals surface area (Å²) in [7, 11) is 4.06. The summed E-state index contributed by atoms with van der Waals surface area (Å²) in [5, 5.41) is 0. The minimum Gasteiger partial charge on any atom is -0.463 e. The molecular formula is C41H73FN2O4. The fourth-order valence-corrected chi connectivity index (χ4v) is 6.34. The lowest BCUT2D eigenvalue weighted by atomic mass is 9.91. The molecule has 0 fully saturated rings. The maximum absolute atomic E-state index is 16.3. The Labute approximate surface area is 294 Å². The molecule has 0 N–H and O–H groups in total. The number of amides is 1. The topological polar surface area (TPSA) is 59.1 Å². The second-order valence-electron chi connectivity index (χ2n) is 14.2. The molecule has 1 aromatic carbocycles. The lowest BCUT2D eigenvalue weighted by Gasteiger charge is -2.32. The van der Waals surface area contributed by atoms with Gasteiger partial charge in [-0.15, -0.1) is 0 Å². The molecule has 1 amide bonds. The molecule has 0 aliphatic heterocycles. The number of alkyl halides is 1. The van der Waals surface area contributed by atoms with Crippen molar-refractivity contribution in [3.63, 3.8) is 0 Å². The zero-order valence-corrected chi connectivity index (χ0v) is 31.8. The molecule has 0 bridgehead atoms. The van der Waals surface area contributed by atoms with Crippen molar-refractivity contribution >= 4 is 12.1 Å². The first kappa shape index (κ1) is 43.9. The second kappa shape index (κ2) is 28.7. The van der Waals surface area contributed by atoms with Gasteiger partial charge in [0.1, 0.15) is 6.61 Å². The van der Waals surface area contributed by atoms with Crippen LogP contribution in [0.2, 0.25) is 0 Å². The molecule has 0 aliphatic rings. The van der Waals surface area contributed by atoms with Crippen molar-refractivity contribution in [1.29, 1.82) is 0 Å². The van der Waals surface area contributed by atoms with Crippen molar-refractivity contribution in [2.24, 2.45) is 0 Å². The molecule has 0 heterocycles. The number of carbonyl (C=O) groups is 2. The van der Waals surface area contributed by atoms with Gasteiger partial charge in [-0.2, -0.15) is 0 Å². The zero-order chi connectivity index (χ0) is 35.3. The van der Waals surface area contributed by atoms with Crippen molar-refractivity contribution in [2.75, 3.05) is 33.8 Å². The minimum atomic E-state index is -1.94. The number of esters is 1. The van der Waals surface area contributed by atoms with E-state index in [-0.39, 0.29) is 38.2 Å².